The van der Waals surface area contributed by atoms with Gasteiger partial charge in [0.1, 0.15) is 0 Å². The van der Waals surface area contributed by atoms with Gasteiger partial charge < -0.3 is 19.2 Å². The van der Waals surface area contributed by atoms with Crippen LogP contribution in [0.4, 0.5) is 13.2 Å². The van der Waals surface area contributed by atoms with Gasteiger partial charge >= 0.3 is 12.1 Å². The minimum Gasteiger partial charge on any atom is -0.475 e. The van der Waals surface area contributed by atoms with E-state index in [0.29, 0.717) is 12.5 Å². The lowest BCUT2D eigenvalue weighted by molar-refractivity contribution is -0.192. The molecule has 7 nitrogen and oxygen atoms in total. The molecule has 0 saturated carbocycles. The molecule has 2 saturated heterocycles. The Labute approximate surface area is 181 Å². The summed E-state index contributed by atoms with van der Waals surface area (Å²) in [4.78, 5) is 26.9. The number of thiophene rings is 1. The first-order valence-corrected chi connectivity index (χ1v) is 10.5. The molecule has 2 aromatic rings. The first-order chi connectivity index (χ1) is 14.6. The van der Waals surface area contributed by atoms with Crippen LogP contribution in [0.3, 0.4) is 0 Å². The second-order valence-corrected chi connectivity index (χ2v) is 8.40. The van der Waals surface area contributed by atoms with Crippen LogP contribution in [0.2, 0.25) is 0 Å². The van der Waals surface area contributed by atoms with Gasteiger partial charge in [0.15, 0.2) is 0 Å². The third kappa shape index (κ3) is 6.08. The van der Waals surface area contributed by atoms with Crippen molar-refractivity contribution in [3.05, 3.63) is 46.0 Å². The van der Waals surface area contributed by atoms with Crippen molar-refractivity contribution in [2.24, 2.45) is 5.92 Å². The number of hydrogen-bond donors (Lipinski definition) is 1. The van der Waals surface area contributed by atoms with E-state index in [1.54, 1.807) is 12.5 Å². The average Bonchev–Trinajstić information content (AvgIpc) is 3.41. The molecule has 31 heavy (non-hydrogen) atoms. The van der Waals surface area contributed by atoms with E-state index in [1.807, 2.05) is 29.3 Å². The second kappa shape index (κ2) is 9.84. The fourth-order valence-electron chi connectivity index (χ4n) is 3.65. The van der Waals surface area contributed by atoms with Gasteiger partial charge in [-0.15, -0.1) is 11.3 Å². The minimum absolute atomic E-state index is 0.153. The van der Waals surface area contributed by atoms with Gasteiger partial charge in [-0.05, 0) is 30.0 Å². The van der Waals surface area contributed by atoms with Crippen molar-refractivity contribution in [3.8, 4) is 0 Å². The average molecular weight is 460 g/mol. The van der Waals surface area contributed by atoms with Crippen LogP contribution < -0.4 is 0 Å². The highest BCUT2D eigenvalue weighted by molar-refractivity contribution is 7.12. The number of carbonyl (C=O) groups excluding carboxylic acids is 1. The molecule has 4 rings (SSSR count). The van der Waals surface area contributed by atoms with Crippen LogP contribution in [-0.2, 0) is 16.1 Å². The summed E-state index contributed by atoms with van der Waals surface area (Å²) in [5.74, 6) is -2.23. The van der Waals surface area contributed by atoms with Gasteiger partial charge in [-0.3, -0.25) is 9.69 Å². The van der Waals surface area contributed by atoms with Gasteiger partial charge in [0.05, 0.1) is 30.1 Å². The fourth-order valence-corrected chi connectivity index (χ4v) is 4.54. The van der Waals surface area contributed by atoms with E-state index in [1.165, 1.54) is 16.9 Å². The SMILES string of the molecule is Cc1ccsc1C(=O)N1C[C@@H]2CN(Cc3ccoc3)CCO[C@@H]2C1.O=C(O)C(F)(F)F. The maximum Gasteiger partial charge on any atom is 0.490 e. The van der Waals surface area contributed by atoms with Crippen molar-refractivity contribution in [1.29, 1.82) is 0 Å². The highest BCUT2D eigenvalue weighted by Crippen LogP contribution is 2.27. The standard InChI is InChI=1S/C18H22N2O3S.C2HF3O2/c1-13-3-7-24-17(13)18(21)20-10-15-9-19(4-6-23-16(15)11-20)8-14-2-5-22-12-14;3-2(4,5)1(6)7/h2-3,5,7,12,15-16H,4,6,8-11H2,1H3;(H,6,7)/t15-,16+;/m0./s1. The van der Waals surface area contributed by atoms with Crippen molar-refractivity contribution in [1.82, 2.24) is 9.80 Å². The van der Waals surface area contributed by atoms with Gasteiger partial charge in [0.2, 0.25) is 0 Å². The smallest absolute Gasteiger partial charge is 0.475 e. The molecule has 1 N–H and O–H groups in total. The number of likely N-dealkylation sites (tertiary alicyclic amines) is 1. The van der Waals surface area contributed by atoms with Gasteiger partial charge in [0, 0.05) is 44.2 Å². The molecule has 11 heteroatoms. The maximum absolute atomic E-state index is 12.8. The fraction of sp³-hybridized carbons (Fsp3) is 0.500. The summed E-state index contributed by atoms with van der Waals surface area (Å²) in [6.45, 7) is 6.98. The molecule has 2 aliphatic rings. The molecule has 2 atom stereocenters. The summed E-state index contributed by atoms with van der Waals surface area (Å²) in [5, 5.41) is 9.11. The molecule has 0 bridgehead atoms. The van der Waals surface area contributed by atoms with Gasteiger partial charge in [-0.25, -0.2) is 4.79 Å². The van der Waals surface area contributed by atoms with E-state index in [9.17, 15) is 18.0 Å². The zero-order chi connectivity index (χ0) is 22.6. The lowest BCUT2D eigenvalue weighted by Gasteiger charge is -2.22. The summed E-state index contributed by atoms with van der Waals surface area (Å²) in [7, 11) is 0. The van der Waals surface area contributed by atoms with Crippen LogP contribution in [0.25, 0.3) is 0 Å². The Morgan fingerprint density at radius 3 is 2.58 bits per heavy atom. The van der Waals surface area contributed by atoms with E-state index in [4.69, 9.17) is 19.1 Å². The number of aliphatic carboxylic acids is 1. The molecule has 1 amide bonds. The monoisotopic (exact) mass is 460 g/mol. The number of rotatable bonds is 3. The van der Waals surface area contributed by atoms with Gasteiger partial charge in [-0.1, -0.05) is 0 Å². The van der Waals surface area contributed by atoms with Crippen molar-refractivity contribution in [2.45, 2.75) is 25.7 Å². The predicted molar refractivity (Wildman–Crippen MR) is 106 cm³/mol. The number of ether oxygens (including phenoxy) is 1. The molecule has 4 heterocycles. The van der Waals surface area contributed by atoms with Crippen LogP contribution in [0.5, 0.6) is 0 Å². The number of nitrogens with zero attached hydrogens (tertiary/aromatic N) is 2. The van der Waals surface area contributed by atoms with Crippen LogP contribution in [0, 0.1) is 12.8 Å². The molecular formula is C20H23F3N2O5S. The normalized spacial score (nSPS) is 21.7. The third-order valence-electron chi connectivity index (χ3n) is 5.19. The van der Waals surface area contributed by atoms with Crippen molar-refractivity contribution >= 4 is 23.2 Å². The van der Waals surface area contributed by atoms with E-state index in [2.05, 4.69) is 4.90 Å². The van der Waals surface area contributed by atoms with Crippen LogP contribution in [0.1, 0.15) is 20.8 Å². The van der Waals surface area contributed by atoms with Gasteiger partial charge in [-0.2, -0.15) is 13.2 Å². The van der Waals surface area contributed by atoms with Crippen molar-refractivity contribution < 1.29 is 37.0 Å². The van der Waals surface area contributed by atoms with Crippen LogP contribution >= 0.6 is 11.3 Å². The highest BCUT2D eigenvalue weighted by Gasteiger charge is 2.39. The Morgan fingerprint density at radius 1 is 1.26 bits per heavy atom. The molecule has 2 fully saturated rings. The number of aryl methyl sites for hydroxylation is 1. The zero-order valence-electron chi connectivity index (χ0n) is 16.8. The maximum atomic E-state index is 12.8. The lowest BCUT2D eigenvalue weighted by atomic mass is 10.1. The Morgan fingerprint density at radius 2 is 2.00 bits per heavy atom. The zero-order valence-corrected chi connectivity index (χ0v) is 17.6. The lowest BCUT2D eigenvalue weighted by Crippen LogP contribution is -2.33. The Hall–Kier alpha value is -2.37. The van der Waals surface area contributed by atoms with Crippen LogP contribution in [-0.4, -0.2) is 71.8 Å². The minimum atomic E-state index is -5.08. The van der Waals surface area contributed by atoms with Crippen molar-refractivity contribution in [2.75, 3.05) is 32.8 Å². The number of carbonyl (C=O) groups is 2. The number of amides is 1. The Balaban J connectivity index is 0.000000339. The summed E-state index contributed by atoms with van der Waals surface area (Å²) in [6, 6.07) is 4.02. The van der Waals surface area contributed by atoms with Crippen LogP contribution in [0.15, 0.2) is 34.5 Å². The molecule has 0 spiro atoms. The number of halogens is 3. The second-order valence-electron chi connectivity index (χ2n) is 7.48. The Bertz CT molecular complexity index is 884. The van der Waals surface area contributed by atoms with Crippen molar-refractivity contribution in [3.63, 3.8) is 0 Å². The number of hydrogen-bond acceptors (Lipinski definition) is 6. The topological polar surface area (TPSA) is 83.2 Å². The molecule has 170 valence electrons. The first-order valence-electron chi connectivity index (χ1n) is 9.63. The third-order valence-corrected chi connectivity index (χ3v) is 6.19. The first kappa shape index (κ1) is 23.3. The number of carboxylic acids is 1. The molecule has 0 unspecified atom stereocenters. The quantitative estimate of drug-likeness (QED) is 0.757. The summed E-state index contributed by atoms with van der Waals surface area (Å²) < 4.78 is 43.0. The van der Waals surface area contributed by atoms with E-state index < -0.39 is 12.1 Å². The Kier molecular flexibility index (Phi) is 7.39. The number of fused-ring (bicyclic) bond motifs is 1. The van der Waals surface area contributed by atoms with Gasteiger partial charge in [0.25, 0.3) is 5.91 Å². The summed E-state index contributed by atoms with van der Waals surface area (Å²) in [5.41, 5.74) is 2.26. The van der Waals surface area contributed by atoms with E-state index in [-0.39, 0.29) is 12.0 Å². The predicted octanol–water partition coefficient (Wildman–Crippen LogP) is 3.26. The molecule has 0 aromatic carbocycles. The molecule has 2 aromatic heterocycles. The molecular weight excluding hydrogens is 437 g/mol. The molecule has 0 aliphatic carbocycles. The van der Waals surface area contributed by atoms with E-state index >= 15 is 0 Å². The number of alkyl halides is 3. The number of carboxylic acid groups (broad SMARTS) is 1. The summed E-state index contributed by atoms with van der Waals surface area (Å²) >= 11 is 1.53. The molecule has 2 aliphatic heterocycles. The largest absolute Gasteiger partial charge is 0.490 e. The molecule has 0 radical (unpaired) electrons. The highest BCUT2D eigenvalue weighted by atomic mass is 32.1. The number of furan rings is 1. The van der Waals surface area contributed by atoms with E-state index in [0.717, 1.165) is 43.2 Å². The summed E-state index contributed by atoms with van der Waals surface area (Å²) in [6.07, 6.45) is -1.41.